The molecule has 0 heterocycles. The van der Waals surface area contributed by atoms with Gasteiger partial charge in [0.05, 0.1) is 16.1 Å². The minimum Gasteiger partial charge on any atom is -0.478 e. The molecule has 2 aromatic carbocycles. The van der Waals surface area contributed by atoms with Crippen molar-refractivity contribution in [1.29, 1.82) is 0 Å². The summed E-state index contributed by atoms with van der Waals surface area (Å²) in [6.45, 7) is 3.01. The molecule has 2 N–H and O–H groups in total. The number of benzene rings is 2. The first kappa shape index (κ1) is 16.7. The van der Waals surface area contributed by atoms with Crippen LogP contribution in [0, 0.1) is 6.92 Å². The van der Waals surface area contributed by atoms with E-state index in [9.17, 15) is 18.0 Å². The summed E-state index contributed by atoms with van der Waals surface area (Å²) in [6, 6.07) is 9.69. The van der Waals surface area contributed by atoms with Gasteiger partial charge in [-0.1, -0.05) is 12.1 Å². The van der Waals surface area contributed by atoms with Gasteiger partial charge in [0, 0.05) is 5.56 Å². The molecule has 2 aromatic rings. The number of carboxylic acids is 1. The van der Waals surface area contributed by atoms with Crippen molar-refractivity contribution in [3.63, 3.8) is 0 Å². The third-order valence-electron chi connectivity index (χ3n) is 3.29. The minimum absolute atomic E-state index is 0.0178. The molecule has 0 aliphatic heterocycles. The minimum atomic E-state index is -3.82. The highest BCUT2D eigenvalue weighted by Gasteiger charge is 2.16. The molecule has 0 unspecified atom stereocenters. The molecule has 0 amide bonds. The maximum absolute atomic E-state index is 12.3. The summed E-state index contributed by atoms with van der Waals surface area (Å²) in [5.41, 5.74) is 1.29. The smallest absolute Gasteiger partial charge is 0.335 e. The van der Waals surface area contributed by atoms with Crippen molar-refractivity contribution in [1.82, 2.24) is 0 Å². The zero-order valence-corrected chi connectivity index (χ0v) is 13.3. The quantitative estimate of drug-likeness (QED) is 0.819. The van der Waals surface area contributed by atoms with Gasteiger partial charge in [0.15, 0.2) is 5.78 Å². The first-order valence-corrected chi connectivity index (χ1v) is 8.17. The van der Waals surface area contributed by atoms with E-state index in [1.807, 2.05) is 0 Å². The summed E-state index contributed by atoms with van der Waals surface area (Å²) in [5, 5.41) is 8.92. The van der Waals surface area contributed by atoms with Gasteiger partial charge in [0.1, 0.15) is 0 Å². The van der Waals surface area contributed by atoms with Crippen LogP contribution in [0.1, 0.15) is 33.2 Å². The summed E-state index contributed by atoms with van der Waals surface area (Å²) in [5.74, 6) is -1.23. The second-order valence-electron chi connectivity index (χ2n) is 5.02. The fourth-order valence-electron chi connectivity index (χ4n) is 1.98. The van der Waals surface area contributed by atoms with E-state index in [-0.39, 0.29) is 16.2 Å². The Labute approximate surface area is 133 Å². The Morgan fingerprint density at radius 3 is 2.04 bits per heavy atom. The molecule has 0 radical (unpaired) electrons. The summed E-state index contributed by atoms with van der Waals surface area (Å²) in [4.78, 5) is 22.1. The molecule has 0 saturated carbocycles. The van der Waals surface area contributed by atoms with Crippen LogP contribution in [0.2, 0.25) is 0 Å². The number of aryl methyl sites for hydroxylation is 1. The lowest BCUT2D eigenvalue weighted by Gasteiger charge is -2.11. The van der Waals surface area contributed by atoms with Crippen molar-refractivity contribution < 1.29 is 23.1 Å². The van der Waals surface area contributed by atoms with Gasteiger partial charge in [-0.15, -0.1) is 0 Å². The van der Waals surface area contributed by atoms with Crippen molar-refractivity contribution in [3.05, 3.63) is 59.2 Å². The maximum Gasteiger partial charge on any atom is 0.335 e. The van der Waals surface area contributed by atoms with Crippen molar-refractivity contribution in [2.45, 2.75) is 18.7 Å². The Hall–Kier alpha value is -2.67. The fraction of sp³-hybridized carbons (Fsp3) is 0.125. The largest absolute Gasteiger partial charge is 0.478 e. The van der Waals surface area contributed by atoms with E-state index in [1.54, 1.807) is 6.92 Å². The molecule has 0 atom stereocenters. The Kier molecular flexibility index (Phi) is 4.51. The Bertz CT molecular complexity index is 870. The molecule has 0 saturated heterocycles. The number of carboxylic acid groups (broad SMARTS) is 1. The summed E-state index contributed by atoms with van der Waals surface area (Å²) >= 11 is 0. The van der Waals surface area contributed by atoms with Crippen LogP contribution in [0.4, 0.5) is 5.69 Å². The molecular formula is C16H15NO5S. The molecule has 6 nitrogen and oxygen atoms in total. The van der Waals surface area contributed by atoms with Crippen LogP contribution >= 0.6 is 0 Å². The lowest BCUT2D eigenvalue weighted by Crippen LogP contribution is -2.14. The van der Waals surface area contributed by atoms with Crippen LogP contribution in [0.25, 0.3) is 0 Å². The van der Waals surface area contributed by atoms with Crippen molar-refractivity contribution >= 4 is 27.5 Å². The third kappa shape index (κ3) is 3.75. The number of Topliss-reactive ketones (excluding diaryl/α,β-unsaturated/α-hetero) is 1. The predicted molar refractivity (Wildman–Crippen MR) is 85.4 cm³/mol. The number of hydrogen-bond acceptors (Lipinski definition) is 4. The van der Waals surface area contributed by atoms with Gasteiger partial charge < -0.3 is 5.11 Å². The Balaban J connectivity index is 2.31. The Morgan fingerprint density at radius 2 is 1.57 bits per heavy atom. The number of anilines is 1. The van der Waals surface area contributed by atoms with E-state index in [2.05, 4.69) is 4.72 Å². The third-order valence-corrected chi connectivity index (χ3v) is 4.67. The number of rotatable bonds is 5. The summed E-state index contributed by atoms with van der Waals surface area (Å²) < 4.78 is 27.1. The van der Waals surface area contributed by atoms with Gasteiger partial charge in [0.2, 0.25) is 0 Å². The van der Waals surface area contributed by atoms with E-state index >= 15 is 0 Å². The van der Waals surface area contributed by atoms with Gasteiger partial charge in [-0.3, -0.25) is 9.52 Å². The summed E-state index contributed by atoms with van der Waals surface area (Å²) in [7, 11) is -3.82. The average Bonchev–Trinajstić information content (AvgIpc) is 2.49. The first-order chi connectivity index (χ1) is 10.7. The molecule has 120 valence electrons. The van der Waals surface area contributed by atoms with E-state index in [4.69, 9.17) is 5.11 Å². The SMILES string of the molecule is CC(=O)c1ccc(S(=O)(=O)Nc2ccc(C(=O)O)cc2C)cc1. The van der Waals surface area contributed by atoms with E-state index in [0.29, 0.717) is 16.8 Å². The van der Waals surface area contributed by atoms with Gasteiger partial charge in [0.25, 0.3) is 10.0 Å². The van der Waals surface area contributed by atoms with Crippen LogP contribution in [-0.4, -0.2) is 25.3 Å². The number of nitrogens with one attached hydrogen (secondary N) is 1. The zero-order valence-electron chi connectivity index (χ0n) is 12.5. The standard InChI is InChI=1S/C16H15NO5S/c1-10-9-13(16(19)20)5-8-15(10)17-23(21,22)14-6-3-12(4-7-14)11(2)18/h3-9,17H,1-2H3,(H,19,20). The second-order valence-corrected chi connectivity index (χ2v) is 6.70. The van der Waals surface area contributed by atoms with Gasteiger partial charge in [-0.25, -0.2) is 13.2 Å². The van der Waals surface area contributed by atoms with Gasteiger partial charge in [-0.2, -0.15) is 0 Å². The van der Waals surface area contributed by atoms with Crippen molar-refractivity contribution in [2.24, 2.45) is 0 Å². The number of aromatic carboxylic acids is 1. The second kappa shape index (κ2) is 6.21. The normalized spacial score (nSPS) is 11.0. The maximum atomic E-state index is 12.3. The fourth-order valence-corrected chi connectivity index (χ4v) is 3.11. The topological polar surface area (TPSA) is 101 Å². The van der Waals surface area contributed by atoms with Crippen LogP contribution in [0.3, 0.4) is 0 Å². The molecule has 0 fully saturated rings. The zero-order chi connectivity index (χ0) is 17.2. The molecule has 0 spiro atoms. The number of sulfonamides is 1. The van der Waals surface area contributed by atoms with E-state index < -0.39 is 16.0 Å². The highest BCUT2D eigenvalue weighted by atomic mass is 32.2. The molecule has 0 aliphatic carbocycles. The van der Waals surface area contributed by atoms with Gasteiger partial charge >= 0.3 is 5.97 Å². The molecule has 2 rings (SSSR count). The highest BCUT2D eigenvalue weighted by Crippen LogP contribution is 2.21. The monoisotopic (exact) mass is 333 g/mol. The van der Waals surface area contributed by atoms with Crippen LogP contribution in [0.5, 0.6) is 0 Å². The lowest BCUT2D eigenvalue weighted by molar-refractivity contribution is 0.0696. The van der Waals surface area contributed by atoms with Crippen LogP contribution < -0.4 is 4.72 Å². The highest BCUT2D eigenvalue weighted by molar-refractivity contribution is 7.92. The van der Waals surface area contributed by atoms with Crippen LogP contribution in [0.15, 0.2) is 47.4 Å². The van der Waals surface area contributed by atoms with E-state index in [0.717, 1.165) is 0 Å². The van der Waals surface area contributed by atoms with Crippen molar-refractivity contribution in [3.8, 4) is 0 Å². The number of ketones is 1. The molecule has 23 heavy (non-hydrogen) atoms. The predicted octanol–water partition coefficient (Wildman–Crippen LogP) is 2.70. The molecular weight excluding hydrogens is 318 g/mol. The van der Waals surface area contributed by atoms with E-state index in [1.165, 1.54) is 49.4 Å². The molecule has 0 aromatic heterocycles. The first-order valence-electron chi connectivity index (χ1n) is 6.68. The lowest BCUT2D eigenvalue weighted by atomic mass is 10.1. The summed E-state index contributed by atoms with van der Waals surface area (Å²) in [6.07, 6.45) is 0. The molecule has 0 aliphatic rings. The number of carbonyl (C=O) groups is 2. The number of carbonyl (C=O) groups excluding carboxylic acids is 1. The molecule has 0 bridgehead atoms. The van der Waals surface area contributed by atoms with Crippen molar-refractivity contribution in [2.75, 3.05) is 4.72 Å². The van der Waals surface area contributed by atoms with Crippen LogP contribution in [-0.2, 0) is 10.0 Å². The van der Waals surface area contributed by atoms with Gasteiger partial charge in [-0.05, 0) is 49.7 Å². The Morgan fingerprint density at radius 1 is 1.00 bits per heavy atom. The average molecular weight is 333 g/mol. The number of hydrogen-bond donors (Lipinski definition) is 2. The molecule has 7 heteroatoms.